The van der Waals surface area contributed by atoms with Gasteiger partial charge in [-0.1, -0.05) is 13.0 Å². The van der Waals surface area contributed by atoms with Crippen molar-refractivity contribution in [2.24, 2.45) is 5.73 Å². The van der Waals surface area contributed by atoms with Gasteiger partial charge in [0, 0.05) is 25.4 Å². The molecule has 0 aliphatic rings. The highest BCUT2D eigenvalue weighted by Crippen LogP contribution is 2.30. The van der Waals surface area contributed by atoms with E-state index >= 15 is 0 Å². The van der Waals surface area contributed by atoms with Crippen LogP contribution in [0.1, 0.15) is 18.9 Å². The van der Waals surface area contributed by atoms with Crippen molar-refractivity contribution in [3.05, 3.63) is 28.0 Å². The fourth-order valence-corrected chi connectivity index (χ4v) is 3.24. The molecule has 0 bridgehead atoms. The van der Waals surface area contributed by atoms with E-state index < -0.39 is 0 Å². The first kappa shape index (κ1) is 15.8. The molecule has 0 heterocycles. The Labute approximate surface area is 121 Å². The van der Waals surface area contributed by atoms with Crippen LogP contribution in [0.3, 0.4) is 0 Å². The summed E-state index contributed by atoms with van der Waals surface area (Å²) >= 11 is 5.06. The van der Waals surface area contributed by atoms with Gasteiger partial charge in [0.1, 0.15) is 0 Å². The van der Waals surface area contributed by atoms with Crippen LogP contribution in [0.5, 0.6) is 0 Å². The molecule has 5 heteroatoms. The van der Waals surface area contributed by atoms with E-state index in [0.717, 1.165) is 17.7 Å². The molecular formula is C13H20BrFN2S. The quantitative estimate of drug-likeness (QED) is 0.861. The zero-order valence-corrected chi connectivity index (χ0v) is 13.4. The summed E-state index contributed by atoms with van der Waals surface area (Å²) in [7, 11) is 1.94. The number of anilines is 1. The fraction of sp³-hybridized carbons (Fsp3) is 0.538. The van der Waals surface area contributed by atoms with Crippen LogP contribution in [0.2, 0.25) is 0 Å². The molecule has 0 saturated carbocycles. The first-order chi connectivity index (χ1) is 8.56. The van der Waals surface area contributed by atoms with Gasteiger partial charge in [0.15, 0.2) is 5.82 Å². The van der Waals surface area contributed by atoms with Gasteiger partial charge >= 0.3 is 0 Å². The first-order valence-electron chi connectivity index (χ1n) is 5.95. The fourth-order valence-electron chi connectivity index (χ4n) is 1.90. The molecule has 0 aromatic heterocycles. The van der Waals surface area contributed by atoms with Gasteiger partial charge < -0.3 is 10.6 Å². The number of rotatable bonds is 6. The van der Waals surface area contributed by atoms with E-state index in [9.17, 15) is 4.39 Å². The van der Waals surface area contributed by atoms with Crippen LogP contribution in [0.15, 0.2) is 16.6 Å². The van der Waals surface area contributed by atoms with Crippen molar-refractivity contribution in [2.75, 3.05) is 24.0 Å². The second kappa shape index (κ2) is 7.36. The Kier molecular flexibility index (Phi) is 6.46. The number of benzene rings is 1. The first-order valence-corrected chi connectivity index (χ1v) is 8.14. The standard InChI is InChI=1S/C13H20BrFN2S/c1-4-10(8-18-3)17(2)11-6-5-9(7-16)12(14)13(11)15/h5-6,10H,4,7-8,16H2,1-3H3. The van der Waals surface area contributed by atoms with Crippen molar-refractivity contribution in [3.8, 4) is 0 Å². The van der Waals surface area contributed by atoms with Crippen molar-refractivity contribution < 1.29 is 4.39 Å². The highest BCUT2D eigenvalue weighted by atomic mass is 79.9. The van der Waals surface area contributed by atoms with Gasteiger partial charge in [-0.3, -0.25) is 0 Å². The lowest BCUT2D eigenvalue weighted by Crippen LogP contribution is -2.33. The van der Waals surface area contributed by atoms with E-state index in [1.165, 1.54) is 0 Å². The van der Waals surface area contributed by atoms with Crippen LogP contribution in [0.4, 0.5) is 10.1 Å². The maximum atomic E-state index is 14.3. The molecule has 0 amide bonds. The molecule has 0 aliphatic heterocycles. The molecule has 2 N–H and O–H groups in total. The molecule has 0 saturated heterocycles. The van der Waals surface area contributed by atoms with Crippen LogP contribution in [0.25, 0.3) is 0 Å². The topological polar surface area (TPSA) is 29.3 Å². The monoisotopic (exact) mass is 334 g/mol. The van der Waals surface area contributed by atoms with Gasteiger partial charge in [-0.2, -0.15) is 11.8 Å². The van der Waals surface area contributed by atoms with Crippen LogP contribution in [-0.2, 0) is 6.54 Å². The third kappa shape index (κ3) is 3.39. The number of nitrogens with zero attached hydrogens (tertiary/aromatic N) is 1. The number of thioether (sulfide) groups is 1. The Morgan fingerprint density at radius 3 is 2.67 bits per heavy atom. The molecule has 0 spiro atoms. The second-order valence-electron chi connectivity index (χ2n) is 4.20. The van der Waals surface area contributed by atoms with E-state index in [4.69, 9.17) is 5.73 Å². The van der Waals surface area contributed by atoms with Gasteiger partial charge in [0.05, 0.1) is 10.2 Å². The Bertz CT molecular complexity index is 401. The maximum absolute atomic E-state index is 14.3. The SMILES string of the molecule is CCC(CSC)N(C)c1ccc(CN)c(Br)c1F. The molecular weight excluding hydrogens is 315 g/mol. The summed E-state index contributed by atoms with van der Waals surface area (Å²) < 4.78 is 14.8. The second-order valence-corrected chi connectivity index (χ2v) is 5.91. The molecule has 1 aromatic carbocycles. The lowest BCUT2D eigenvalue weighted by molar-refractivity contribution is 0.595. The number of hydrogen-bond donors (Lipinski definition) is 1. The van der Waals surface area contributed by atoms with Crippen molar-refractivity contribution in [3.63, 3.8) is 0 Å². The zero-order chi connectivity index (χ0) is 13.7. The molecule has 102 valence electrons. The number of halogens is 2. The van der Waals surface area contributed by atoms with Crippen molar-refractivity contribution in [1.82, 2.24) is 0 Å². The zero-order valence-electron chi connectivity index (χ0n) is 11.0. The minimum atomic E-state index is -0.222. The number of hydrogen-bond acceptors (Lipinski definition) is 3. The predicted molar refractivity (Wildman–Crippen MR) is 82.9 cm³/mol. The summed E-state index contributed by atoms with van der Waals surface area (Å²) in [6.07, 6.45) is 3.06. The maximum Gasteiger partial charge on any atom is 0.160 e. The van der Waals surface area contributed by atoms with E-state index in [0.29, 0.717) is 22.7 Å². The van der Waals surface area contributed by atoms with Gasteiger partial charge in [0.2, 0.25) is 0 Å². The lowest BCUT2D eigenvalue weighted by atomic mass is 10.1. The largest absolute Gasteiger partial charge is 0.368 e. The third-order valence-corrected chi connectivity index (χ3v) is 4.70. The Hall–Kier alpha value is -0.260. The Morgan fingerprint density at radius 2 is 2.17 bits per heavy atom. The molecule has 18 heavy (non-hydrogen) atoms. The lowest BCUT2D eigenvalue weighted by Gasteiger charge is -2.29. The van der Waals surface area contributed by atoms with Gasteiger partial charge in [-0.25, -0.2) is 4.39 Å². The molecule has 1 atom stereocenters. The van der Waals surface area contributed by atoms with Crippen LogP contribution < -0.4 is 10.6 Å². The molecule has 0 aliphatic carbocycles. The molecule has 0 radical (unpaired) electrons. The summed E-state index contributed by atoms with van der Waals surface area (Å²) in [6, 6.07) is 4.03. The van der Waals surface area contributed by atoms with Crippen molar-refractivity contribution >= 4 is 33.4 Å². The summed E-state index contributed by atoms with van der Waals surface area (Å²) in [6.45, 7) is 2.46. The minimum Gasteiger partial charge on any atom is -0.368 e. The Balaban J connectivity index is 3.05. The molecule has 1 rings (SSSR count). The molecule has 2 nitrogen and oxygen atoms in total. The van der Waals surface area contributed by atoms with Crippen LogP contribution >= 0.6 is 27.7 Å². The van der Waals surface area contributed by atoms with E-state index in [-0.39, 0.29) is 5.82 Å². The van der Waals surface area contributed by atoms with Crippen LogP contribution in [-0.4, -0.2) is 25.1 Å². The normalized spacial score (nSPS) is 12.6. The van der Waals surface area contributed by atoms with E-state index in [1.807, 2.05) is 24.1 Å². The highest BCUT2D eigenvalue weighted by Gasteiger charge is 2.18. The molecule has 1 aromatic rings. The summed E-state index contributed by atoms with van der Waals surface area (Å²) in [5.74, 6) is 0.767. The minimum absolute atomic E-state index is 0.222. The summed E-state index contributed by atoms with van der Waals surface area (Å²) in [4.78, 5) is 2.01. The molecule has 1 unspecified atom stereocenters. The highest BCUT2D eigenvalue weighted by molar-refractivity contribution is 9.10. The predicted octanol–water partition coefficient (Wildman–Crippen LogP) is 3.62. The average molecular weight is 335 g/mol. The van der Waals surface area contributed by atoms with Gasteiger partial charge in [-0.15, -0.1) is 0 Å². The Morgan fingerprint density at radius 1 is 1.50 bits per heavy atom. The summed E-state index contributed by atoms with van der Waals surface area (Å²) in [5.41, 5.74) is 6.98. The average Bonchev–Trinajstić information content (AvgIpc) is 2.38. The van der Waals surface area contributed by atoms with Crippen LogP contribution in [0, 0.1) is 5.82 Å². The van der Waals surface area contributed by atoms with Crippen molar-refractivity contribution in [1.29, 1.82) is 0 Å². The number of nitrogens with two attached hydrogens (primary N) is 1. The summed E-state index contributed by atoms with van der Waals surface area (Å²) in [5, 5.41) is 0. The van der Waals surface area contributed by atoms with Gasteiger partial charge in [-0.05, 0) is 40.2 Å². The smallest absolute Gasteiger partial charge is 0.160 e. The van der Waals surface area contributed by atoms with Crippen molar-refractivity contribution in [2.45, 2.75) is 25.9 Å². The van der Waals surface area contributed by atoms with E-state index in [1.54, 1.807) is 11.8 Å². The van der Waals surface area contributed by atoms with E-state index in [2.05, 4.69) is 29.1 Å². The third-order valence-electron chi connectivity index (χ3n) is 3.12. The van der Waals surface area contributed by atoms with Gasteiger partial charge in [0.25, 0.3) is 0 Å². The molecule has 0 fully saturated rings.